The fraction of sp³-hybridized carbons (Fsp3) is 0.688. The molecule has 0 saturated heterocycles. The number of carboxylic acid groups (broad SMARTS) is 1. The summed E-state index contributed by atoms with van der Waals surface area (Å²) in [6.07, 6.45) is 5.53. The van der Waals surface area contributed by atoms with E-state index in [1.54, 1.807) is 6.08 Å². The number of hydrogen-bond donors (Lipinski definition) is 3. The van der Waals surface area contributed by atoms with Gasteiger partial charge in [0.05, 0.1) is 0 Å². The number of hydrogen-bond acceptors (Lipinski definition) is 3. The third-order valence-corrected chi connectivity index (χ3v) is 3.92. The van der Waals surface area contributed by atoms with Crippen molar-refractivity contribution in [3.8, 4) is 0 Å². The molecule has 22 heavy (non-hydrogen) atoms. The monoisotopic (exact) mass is 310 g/mol. The topological polar surface area (TPSA) is 95.5 Å². The van der Waals surface area contributed by atoms with Gasteiger partial charge in [-0.05, 0) is 31.1 Å². The van der Waals surface area contributed by atoms with Crippen molar-refractivity contribution in [2.75, 3.05) is 6.54 Å². The lowest BCUT2D eigenvalue weighted by molar-refractivity contribution is -0.135. The molecule has 0 aromatic rings. The summed E-state index contributed by atoms with van der Waals surface area (Å²) in [6.45, 7) is 6.11. The number of unbranched alkanes of at least 4 members (excludes halogenated alkanes) is 3. The van der Waals surface area contributed by atoms with Gasteiger partial charge in [-0.1, -0.05) is 26.3 Å². The van der Waals surface area contributed by atoms with Crippen LogP contribution in [-0.4, -0.2) is 29.4 Å². The standard InChI is InChI=1S/C16H26N2O4/c1-11(19)17-9-7-5-4-6-8-13(15(21)22)18-14(20)12-10-16(12,2)3/h8,12H,4-7,9-10H2,1-3H3,(H,17,19)(H,18,20)(H,21,22)/b13-8-. The third kappa shape index (κ3) is 6.28. The highest BCUT2D eigenvalue weighted by atomic mass is 16.4. The summed E-state index contributed by atoms with van der Waals surface area (Å²) in [5, 5.41) is 14.4. The molecule has 2 amide bonds. The summed E-state index contributed by atoms with van der Waals surface area (Å²) < 4.78 is 0. The van der Waals surface area contributed by atoms with E-state index in [4.69, 9.17) is 5.11 Å². The number of carbonyl (C=O) groups is 3. The number of nitrogens with one attached hydrogen (secondary N) is 2. The first-order valence-corrected chi connectivity index (χ1v) is 7.73. The molecule has 6 nitrogen and oxygen atoms in total. The van der Waals surface area contributed by atoms with Crippen molar-refractivity contribution in [1.82, 2.24) is 10.6 Å². The van der Waals surface area contributed by atoms with Crippen molar-refractivity contribution in [2.24, 2.45) is 11.3 Å². The van der Waals surface area contributed by atoms with Gasteiger partial charge in [0.15, 0.2) is 0 Å². The number of amides is 2. The molecule has 1 unspecified atom stereocenters. The Morgan fingerprint density at radius 1 is 1.23 bits per heavy atom. The molecule has 0 aromatic heterocycles. The molecule has 124 valence electrons. The van der Waals surface area contributed by atoms with Crippen molar-refractivity contribution in [3.63, 3.8) is 0 Å². The predicted molar refractivity (Wildman–Crippen MR) is 82.9 cm³/mol. The van der Waals surface area contributed by atoms with Crippen molar-refractivity contribution in [3.05, 3.63) is 11.8 Å². The van der Waals surface area contributed by atoms with Gasteiger partial charge in [-0.15, -0.1) is 0 Å². The Kier molecular flexibility index (Phi) is 6.59. The molecule has 1 saturated carbocycles. The summed E-state index contributed by atoms with van der Waals surface area (Å²) in [7, 11) is 0. The van der Waals surface area contributed by atoms with Gasteiger partial charge in [0.25, 0.3) is 0 Å². The lowest BCUT2D eigenvalue weighted by Gasteiger charge is -2.07. The predicted octanol–water partition coefficient (Wildman–Crippen LogP) is 1.81. The molecule has 1 aliphatic rings. The minimum Gasteiger partial charge on any atom is -0.477 e. The number of aliphatic carboxylic acids is 1. The van der Waals surface area contributed by atoms with Crippen molar-refractivity contribution in [1.29, 1.82) is 0 Å². The van der Waals surface area contributed by atoms with Crippen LogP contribution in [0, 0.1) is 11.3 Å². The van der Waals surface area contributed by atoms with E-state index in [0.29, 0.717) is 13.0 Å². The van der Waals surface area contributed by atoms with E-state index in [1.807, 2.05) is 13.8 Å². The number of rotatable bonds is 9. The quantitative estimate of drug-likeness (QED) is 0.447. The molecule has 6 heteroatoms. The first-order valence-electron chi connectivity index (χ1n) is 7.73. The van der Waals surface area contributed by atoms with E-state index >= 15 is 0 Å². The van der Waals surface area contributed by atoms with Crippen LogP contribution in [0.5, 0.6) is 0 Å². The molecular formula is C16H26N2O4. The Balaban J connectivity index is 2.29. The van der Waals surface area contributed by atoms with E-state index in [-0.39, 0.29) is 28.8 Å². The van der Waals surface area contributed by atoms with Crippen molar-refractivity contribution >= 4 is 17.8 Å². The fourth-order valence-electron chi connectivity index (χ4n) is 2.28. The maximum absolute atomic E-state index is 11.9. The van der Waals surface area contributed by atoms with Gasteiger partial charge < -0.3 is 15.7 Å². The van der Waals surface area contributed by atoms with Crippen LogP contribution in [0.25, 0.3) is 0 Å². The second kappa shape index (κ2) is 7.96. The number of carbonyl (C=O) groups excluding carboxylic acids is 2. The van der Waals surface area contributed by atoms with Crippen LogP contribution in [-0.2, 0) is 14.4 Å². The highest BCUT2D eigenvalue weighted by Crippen LogP contribution is 2.51. The molecule has 0 spiro atoms. The molecular weight excluding hydrogens is 284 g/mol. The molecule has 1 fully saturated rings. The Bertz CT molecular complexity index is 469. The largest absolute Gasteiger partial charge is 0.477 e. The molecule has 0 aliphatic heterocycles. The Morgan fingerprint density at radius 3 is 2.36 bits per heavy atom. The first-order chi connectivity index (χ1) is 10.2. The van der Waals surface area contributed by atoms with E-state index < -0.39 is 5.97 Å². The third-order valence-electron chi connectivity index (χ3n) is 3.92. The number of carboxylic acids is 1. The molecule has 1 aliphatic carbocycles. The van der Waals surface area contributed by atoms with Gasteiger partial charge in [0.2, 0.25) is 11.8 Å². The van der Waals surface area contributed by atoms with Crippen LogP contribution in [0.3, 0.4) is 0 Å². The van der Waals surface area contributed by atoms with E-state index in [1.165, 1.54) is 6.92 Å². The van der Waals surface area contributed by atoms with E-state index in [9.17, 15) is 14.4 Å². The molecule has 0 heterocycles. The smallest absolute Gasteiger partial charge is 0.352 e. The van der Waals surface area contributed by atoms with Crippen LogP contribution in [0.15, 0.2) is 11.8 Å². The second-order valence-corrected chi connectivity index (χ2v) is 6.49. The van der Waals surface area contributed by atoms with Crippen LogP contribution >= 0.6 is 0 Å². The van der Waals surface area contributed by atoms with Crippen LogP contribution in [0.2, 0.25) is 0 Å². The summed E-state index contributed by atoms with van der Waals surface area (Å²) in [5.41, 5.74) is -0.0493. The average Bonchev–Trinajstić information content (AvgIpc) is 3.04. The zero-order valence-corrected chi connectivity index (χ0v) is 13.6. The highest BCUT2D eigenvalue weighted by Gasteiger charge is 2.50. The lowest BCUT2D eigenvalue weighted by Crippen LogP contribution is -2.29. The normalized spacial score (nSPS) is 19.4. The van der Waals surface area contributed by atoms with E-state index in [2.05, 4.69) is 10.6 Å². The highest BCUT2D eigenvalue weighted by molar-refractivity contribution is 5.94. The Labute approximate surface area is 131 Å². The second-order valence-electron chi connectivity index (χ2n) is 6.49. The van der Waals surface area contributed by atoms with Crippen LogP contribution < -0.4 is 10.6 Å². The van der Waals surface area contributed by atoms with Gasteiger partial charge in [-0.25, -0.2) is 4.79 Å². The van der Waals surface area contributed by atoms with Crippen molar-refractivity contribution in [2.45, 2.75) is 52.9 Å². The molecule has 3 N–H and O–H groups in total. The van der Waals surface area contributed by atoms with Gasteiger partial charge in [-0.3, -0.25) is 9.59 Å². The summed E-state index contributed by atoms with van der Waals surface area (Å²) in [4.78, 5) is 33.7. The SMILES string of the molecule is CC(=O)NCCCCC/C=C(\NC(=O)C1CC1(C)C)C(=O)O. The van der Waals surface area contributed by atoms with Crippen LogP contribution in [0.4, 0.5) is 0 Å². The van der Waals surface area contributed by atoms with Crippen LogP contribution in [0.1, 0.15) is 52.9 Å². The maximum Gasteiger partial charge on any atom is 0.352 e. The molecule has 0 radical (unpaired) electrons. The zero-order valence-electron chi connectivity index (χ0n) is 13.6. The lowest BCUT2D eigenvalue weighted by atomic mass is 10.1. The summed E-state index contributed by atoms with van der Waals surface area (Å²) in [6, 6.07) is 0. The van der Waals surface area contributed by atoms with Gasteiger partial charge in [0.1, 0.15) is 5.70 Å². The zero-order chi connectivity index (χ0) is 16.8. The molecule has 1 atom stereocenters. The van der Waals surface area contributed by atoms with Crippen molar-refractivity contribution < 1.29 is 19.5 Å². The maximum atomic E-state index is 11.9. The molecule has 1 rings (SSSR count). The average molecular weight is 310 g/mol. The van der Waals surface area contributed by atoms with Gasteiger partial charge in [-0.2, -0.15) is 0 Å². The Hall–Kier alpha value is -1.85. The minimum atomic E-state index is -1.11. The first kappa shape index (κ1) is 18.2. The molecule has 0 aromatic carbocycles. The molecule has 0 bridgehead atoms. The summed E-state index contributed by atoms with van der Waals surface area (Å²) in [5.74, 6) is -1.44. The van der Waals surface area contributed by atoms with E-state index in [0.717, 1.165) is 25.7 Å². The fourth-order valence-corrected chi connectivity index (χ4v) is 2.28. The van der Waals surface area contributed by atoms with Gasteiger partial charge in [0, 0.05) is 19.4 Å². The summed E-state index contributed by atoms with van der Waals surface area (Å²) >= 11 is 0. The van der Waals surface area contributed by atoms with Gasteiger partial charge >= 0.3 is 5.97 Å². The Morgan fingerprint density at radius 2 is 1.86 bits per heavy atom. The minimum absolute atomic E-state index is 0.0165. The number of allylic oxidation sites excluding steroid dienone is 1.